The zero-order valence-corrected chi connectivity index (χ0v) is 10.7. The Labute approximate surface area is 102 Å². The fraction of sp³-hybridized carbons (Fsp3) is 0.500. The largest absolute Gasteiger partial charge is 0.478 e. The van der Waals surface area contributed by atoms with Crippen LogP contribution in [0.15, 0.2) is 12.1 Å². The van der Waals surface area contributed by atoms with Crippen molar-refractivity contribution in [3.8, 4) is 0 Å². The van der Waals surface area contributed by atoms with Gasteiger partial charge in [0, 0.05) is 18.8 Å². The van der Waals surface area contributed by atoms with E-state index in [1.807, 2.05) is 13.8 Å². The summed E-state index contributed by atoms with van der Waals surface area (Å²) in [5.74, 6) is -0.0649. The third kappa shape index (κ3) is 2.14. The molecule has 1 heterocycles. The molecule has 0 amide bonds. The van der Waals surface area contributed by atoms with E-state index in [0.717, 1.165) is 35.8 Å². The van der Waals surface area contributed by atoms with E-state index in [1.54, 1.807) is 6.07 Å². The fourth-order valence-electron chi connectivity index (χ4n) is 2.28. The molecule has 1 aromatic rings. The number of nitrogens with zero attached hydrogens (tertiary/aromatic N) is 1. The van der Waals surface area contributed by atoms with Gasteiger partial charge in [-0.2, -0.15) is 0 Å². The number of hydrogen-bond donors (Lipinski definition) is 1. The first kappa shape index (κ1) is 12.0. The van der Waals surface area contributed by atoms with Gasteiger partial charge >= 0.3 is 5.97 Å². The van der Waals surface area contributed by atoms with Gasteiger partial charge in [-0.3, -0.25) is 0 Å². The maximum absolute atomic E-state index is 11.2. The highest BCUT2D eigenvalue weighted by Crippen LogP contribution is 2.29. The maximum atomic E-state index is 11.2. The van der Waals surface area contributed by atoms with Crippen molar-refractivity contribution in [3.63, 3.8) is 0 Å². The average Bonchev–Trinajstić information content (AvgIpc) is 2.21. The third-order valence-corrected chi connectivity index (χ3v) is 3.78. The summed E-state index contributed by atoms with van der Waals surface area (Å²) in [6.07, 6.45) is 1.20. The van der Waals surface area contributed by atoms with Crippen LogP contribution in [0.3, 0.4) is 0 Å². The number of carboxylic acids is 1. The Bertz CT molecular complexity index is 448. The second-order valence-electron chi connectivity index (χ2n) is 4.92. The van der Waals surface area contributed by atoms with Gasteiger partial charge in [-0.15, -0.1) is 0 Å². The maximum Gasteiger partial charge on any atom is 0.336 e. The van der Waals surface area contributed by atoms with Crippen molar-refractivity contribution in [2.45, 2.75) is 27.2 Å². The molecule has 0 saturated carbocycles. The van der Waals surface area contributed by atoms with E-state index in [1.165, 1.54) is 6.42 Å². The van der Waals surface area contributed by atoms with Crippen LogP contribution in [0.25, 0.3) is 0 Å². The highest BCUT2D eigenvalue weighted by molar-refractivity contribution is 5.91. The summed E-state index contributed by atoms with van der Waals surface area (Å²) in [6, 6.07) is 3.89. The van der Waals surface area contributed by atoms with E-state index in [0.29, 0.717) is 5.56 Å². The normalized spacial score (nSPS) is 15.8. The molecule has 1 N–H and O–H groups in total. The highest BCUT2D eigenvalue weighted by Gasteiger charge is 2.26. The van der Waals surface area contributed by atoms with Crippen molar-refractivity contribution in [1.82, 2.24) is 0 Å². The smallest absolute Gasteiger partial charge is 0.336 e. The van der Waals surface area contributed by atoms with Crippen LogP contribution in [-0.4, -0.2) is 24.2 Å². The zero-order valence-electron chi connectivity index (χ0n) is 10.7. The molecule has 17 heavy (non-hydrogen) atoms. The Hall–Kier alpha value is -1.51. The molecule has 3 nitrogen and oxygen atoms in total. The number of carboxylic acid groups (broad SMARTS) is 1. The molecule has 1 aromatic carbocycles. The van der Waals surface area contributed by atoms with Crippen molar-refractivity contribution in [3.05, 3.63) is 28.8 Å². The van der Waals surface area contributed by atoms with Gasteiger partial charge in [-0.25, -0.2) is 4.79 Å². The molecule has 1 aliphatic rings. The molecule has 0 bridgehead atoms. The zero-order chi connectivity index (χ0) is 12.6. The van der Waals surface area contributed by atoms with Crippen LogP contribution in [0.4, 0.5) is 5.69 Å². The van der Waals surface area contributed by atoms with Crippen LogP contribution < -0.4 is 4.90 Å². The Kier molecular flexibility index (Phi) is 3.09. The predicted octanol–water partition coefficient (Wildman–Crippen LogP) is 2.85. The lowest BCUT2D eigenvalue weighted by Crippen LogP contribution is -2.46. The van der Waals surface area contributed by atoms with E-state index in [4.69, 9.17) is 5.11 Å². The summed E-state index contributed by atoms with van der Waals surface area (Å²) in [7, 11) is 0. The van der Waals surface area contributed by atoms with Crippen molar-refractivity contribution in [1.29, 1.82) is 0 Å². The van der Waals surface area contributed by atoms with Crippen LogP contribution in [0.5, 0.6) is 0 Å². The van der Waals surface area contributed by atoms with Crippen molar-refractivity contribution in [2.24, 2.45) is 5.92 Å². The molecule has 0 radical (unpaired) electrons. The minimum absolute atomic E-state index is 0.431. The van der Waals surface area contributed by atoms with Gasteiger partial charge in [0.2, 0.25) is 0 Å². The average molecular weight is 233 g/mol. The number of anilines is 1. The number of benzene rings is 1. The molecule has 0 aliphatic carbocycles. The van der Waals surface area contributed by atoms with Crippen LogP contribution >= 0.6 is 0 Å². The molecule has 0 spiro atoms. The Morgan fingerprint density at radius 3 is 2.59 bits per heavy atom. The molecule has 1 aliphatic heterocycles. The highest BCUT2D eigenvalue weighted by atomic mass is 16.4. The first-order valence-corrected chi connectivity index (χ1v) is 6.12. The van der Waals surface area contributed by atoms with Gasteiger partial charge in [0.15, 0.2) is 0 Å². The second-order valence-corrected chi connectivity index (χ2v) is 4.92. The van der Waals surface area contributed by atoms with E-state index in [-0.39, 0.29) is 0 Å². The van der Waals surface area contributed by atoms with Crippen LogP contribution in [0.1, 0.15) is 34.8 Å². The van der Waals surface area contributed by atoms with E-state index >= 15 is 0 Å². The summed E-state index contributed by atoms with van der Waals surface area (Å²) >= 11 is 0. The minimum atomic E-state index is -0.833. The van der Waals surface area contributed by atoms with Crippen LogP contribution in [0, 0.1) is 19.8 Å². The molecule has 3 heteroatoms. The molecule has 1 saturated heterocycles. The van der Waals surface area contributed by atoms with E-state index < -0.39 is 5.97 Å². The quantitative estimate of drug-likeness (QED) is 0.872. The van der Waals surface area contributed by atoms with Gasteiger partial charge in [0.1, 0.15) is 0 Å². The molecular weight excluding hydrogens is 214 g/mol. The van der Waals surface area contributed by atoms with Crippen molar-refractivity contribution < 1.29 is 9.90 Å². The molecule has 92 valence electrons. The third-order valence-electron chi connectivity index (χ3n) is 3.78. The van der Waals surface area contributed by atoms with Gasteiger partial charge in [-0.05, 0) is 49.4 Å². The summed E-state index contributed by atoms with van der Waals surface area (Å²) in [5.41, 5.74) is 3.41. The fourth-order valence-corrected chi connectivity index (χ4v) is 2.28. The Morgan fingerprint density at radius 1 is 1.41 bits per heavy atom. The monoisotopic (exact) mass is 233 g/mol. The SMILES string of the molecule is CCC1CN(c2cc(C)c(C)c(C(=O)O)c2)C1. The number of aryl methyl sites for hydroxylation is 1. The summed E-state index contributed by atoms with van der Waals surface area (Å²) in [4.78, 5) is 13.4. The second kappa shape index (κ2) is 4.40. The lowest BCUT2D eigenvalue weighted by Gasteiger charge is -2.41. The predicted molar refractivity (Wildman–Crippen MR) is 68.9 cm³/mol. The number of hydrogen-bond acceptors (Lipinski definition) is 2. The molecule has 0 atom stereocenters. The summed E-state index contributed by atoms with van der Waals surface area (Å²) in [5, 5.41) is 9.17. The van der Waals surface area contributed by atoms with Gasteiger partial charge in [0.05, 0.1) is 5.56 Å². The Morgan fingerprint density at radius 2 is 2.06 bits per heavy atom. The number of rotatable bonds is 3. The first-order chi connectivity index (χ1) is 8.02. The first-order valence-electron chi connectivity index (χ1n) is 6.12. The van der Waals surface area contributed by atoms with Gasteiger partial charge in [0.25, 0.3) is 0 Å². The lowest BCUT2D eigenvalue weighted by molar-refractivity contribution is 0.0696. The number of aromatic carboxylic acids is 1. The topological polar surface area (TPSA) is 40.5 Å². The van der Waals surface area contributed by atoms with Gasteiger partial charge in [-0.1, -0.05) is 6.92 Å². The molecule has 1 fully saturated rings. The van der Waals surface area contributed by atoms with Gasteiger partial charge < -0.3 is 10.0 Å². The van der Waals surface area contributed by atoms with Crippen molar-refractivity contribution >= 4 is 11.7 Å². The van der Waals surface area contributed by atoms with Crippen LogP contribution in [-0.2, 0) is 0 Å². The molecule has 0 aromatic heterocycles. The van der Waals surface area contributed by atoms with Crippen LogP contribution in [0.2, 0.25) is 0 Å². The minimum Gasteiger partial charge on any atom is -0.478 e. The number of carbonyl (C=O) groups is 1. The standard InChI is InChI=1S/C14H19NO2/c1-4-11-7-15(8-11)12-5-9(2)10(3)13(6-12)14(16)17/h5-6,11H,4,7-8H2,1-3H3,(H,16,17). The lowest BCUT2D eigenvalue weighted by atomic mass is 9.94. The molecule has 0 unspecified atom stereocenters. The molecule has 2 rings (SSSR count). The Balaban J connectivity index is 2.28. The molecular formula is C14H19NO2. The van der Waals surface area contributed by atoms with Crippen molar-refractivity contribution in [2.75, 3.05) is 18.0 Å². The summed E-state index contributed by atoms with van der Waals surface area (Å²) < 4.78 is 0. The summed E-state index contributed by atoms with van der Waals surface area (Å²) in [6.45, 7) is 8.15. The van der Waals surface area contributed by atoms with E-state index in [2.05, 4.69) is 17.9 Å². The van der Waals surface area contributed by atoms with E-state index in [9.17, 15) is 4.79 Å².